The minimum atomic E-state index is -0.0704. The van der Waals surface area contributed by atoms with Gasteiger partial charge in [-0.15, -0.1) is 0 Å². The summed E-state index contributed by atoms with van der Waals surface area (Å²) in [4.78, 5) is 18.4. The number of hydrogen-bond acceptors (Lipinski definition) is 4. The van der Waals surface area contributed by atoms with Crippen LogP contribution in [-0.4, -0.2) is 40.1 Å². The van der Waals surface area contributed by atoms with E-state index in [1.807, 2.05) is 6.07 Å². The maximum Gasteiger partial charge on any atom is 0.274 e. The molecule has 0 aliphatic heterocycles. The van der Waals surface area contributed by atoms with Crippen LogP contribution < -0.4 is 4.74 Å². The lowest BCUT2D eigenvalue weighted by Gasteiger charge is -2.16. The zero-order chi connectivity index (χ0) is 14.8. The quantitative estimate of drug-likeness (QED) is 0.926. The molecule has 0 unspecified atom stereocenters. The monoisotopic (exact) mass is 286 g/mol. The van der Waals surface area contributed by atoms with Gasteiger partial charge in [0.05, 0.1) is 19.3 Å². The normalized spacial score (nSPS) is 13.0. The Morgan fingerprint density at radius 3 is 3.14 bits per heavy atom. The predicted molar refractivity (Wildman–Crippen MR) is 77.2 cm³/mol. The molecule has 0 fully saturated rings. The van der Waals surface area contributed by atoms with E-state index >= 15 is 0 Å². The second-order valence-electron chi connectivity index (χ2n) is 5.23. The second kappa shape index (κ2) is 5.55. The molecule has 0 aromatic carbocycles. The Morgan fingerprint density at radius 1 is 1.48 bits per heavy atom. The van der Waals surface area contributed by atoms with Crippen LogP contribution in [0.3, 0.4) is 0 Å². The number of ether oxygens (including phenoxy) is 1. The van der Waals surface area contributed by atoms with Crippen molar-refractivity contribution in [1.29, 1.82) is 0 Å². The van der Waals surface area contributed by atoms with Crippen LogP contribution in [0.4, 0.5) is 0 Å². The van der Waals surface area contributed by atoms with Gasteiger partial charge in [-0.1, -0.05) is 0 Å². The Bertz CT molecular complexity index is 665. The van der Waals surface area contributed by atoms with Crippen molar-refractivity contribution in [3.63, 3.8) is 0 Å². The number of carbonyl (C=O) groups is 1. The number of hydrogen-bond donors (Lipinski definition) is 1. The molecule has 2 aromatic rings. The fourth-order valence-electron chi connectivity index (χ4n) is 2.66. The summed E-state index contributed by atoms with van der Waals surface area (Å²) in [5.74, 6) is 0.667. The Kier molecular flexibility index (Phi) is 3.60. The van der Waals surface area contributed by atoms with E-state index in [4.69, 9.17) is 4.74 Å². The van der Waals surface area contributed by atoms with Gasteiger partial charge in [0.1, 0.15) is 5.75 Å². The third-order valence-electron chi connectivity index (χ3n) is 3.78. The van der Waals surface area contributed by atoms with Crippen LogP contribution in [0.1, 0.15) is 33.9 Å². The summed E-state index contributed by atoms with van der Waals surface area (Å²) in [5, 5.41) is 7.14. The number of aryl methyl sites for hydroxylation is 1. The molecule has 1 N–H and O–H groups in total. The number of amides is 1. The summed E-state index contributed by atoms with van der Waals surface area (Å²) < 4.78 is 5.17. The third-order valence-corrected chi connectivity index (χ3v) is 3.78. The van der Waals surface area contributed by atoms with Gasteiger partial charge < -0.3 is 9.64 Å². The lowest BCUT2D eigenvalue weighted by Crippen LogP contribution is -2.27. The Balaban J connectivity index is 1.75. The zero-order valence-corrected chi connectivity index (χ0v) is 12.2. The van der Waals surface area contributed by atoms with Crippen LogP contribution in [-0.2, 0) is 19.4 Å². The third kappa shape index (κ3) is 2.61. The topological polar surface area (TPSA) is 71.1 Å². The van der Waals surface area contributed by atoms with E-state index in [0.29, 0.717) is 12.2 Å². The van der Waals surface area contributed by atoms with E-state index in [1.165, 1.54) is 0 Å². The van der Waals surface area contributed by atoms with E-state index in [1.54, 1.807) is 31.3 Å². The van der Waals surface area contributed by atoms with Crippen molar-refractivity contribution in [3.05, 3.63) is 41.0 Å². The van der Waals surface area contributed by atoms with Crippen molar-refractivity contribution in [2.75, 3.05) is 14.2 Å². The number of aromatic nitrogens is 3. The van der Waals surface area contributed by atoms with Crippen molar-refractivity contribution in [1.82, 2.24) is 20.1 Å². The first-order valence-electron chi connectivity index (χ1n) is 6.99. The number of aromatic amines is 1. The second-order valence-corrected chi connectivity index (χ2v) is 5.23. The van der Waals surface area contributed by atoms with Gasteiger partial charge in [-0.3, -0.25) is 14.9 Å². The average molecular weight is 286 g/mol. The van der Waals surface area contributed by atoms with Crippen molar-refractivity contribution in [3.8, 4) is 5.75 Å². The lowest BCUT2D eigenvalue weighted by atomic mass is 10.2. The molecular formula is C15H18N4O2. The standard InChI is InChI=1S/C15H18N4O2/c1-19(9-10-8-11(21-2)6-7-16-10)15(20)14-12-4-3-5-13(12)17-18-14/h6-8H,3-5,9H2,1-2H3,(H,17,18). The van der Waals surface area contributed by atoms with E-state index < -0.39 is 0 Å². The van der Waals surface area contributed by atoms with Crippen LogP contribution in [0.15, 0.2) is 18.3 Å². The molecule has 21 heavy (non-hydrogen) atoms. The van der Waals surface area contributed by atoms with Gasteiger partial charge in [-0.05, 0) is 25.3 Å². The molecule has 6 heteroatoms. The van der Waals surface area contributed by atoms with Gasteiger partial charge in [0.2, 0.25) is 0 Å². The number of pyridine rings is 1. The van der Waals surface area contributed by atoms with Crippen LogP contribution >= 0.6 is 0 Å². The number of nitrogens with one attached hydrogen (secondary N) is 1. The Hall–Kier alpha value is -2.37. The molecule has 2 aromatic heterocycles. The number of nitrogens with zero attached hydrogens (tertiary/aromatic N) is 3. The zero-order valence-electron chi connectivity index (χ0n) is 12.2. The molecule has 1 aliphatic carbocycles. The Morgan fingerprint density at radius 2 is 2.33 bits per heavy atom. The number of carbonyl (C=O) groups excluding carboxylic acids is 1. The van der Waals surface area contributed by atoms with E-state index in [9.17, 15) is 4.79 Å². The molecule has 0 radical (unpaired) electrons. The maximum absolute atomic E-state index is 12.5. The van der Waals surface area contributed by atoms with E-state index in [2.05, 4.69) is 15.2 Å². The summed E-state index contributed by atoms with van der Waals surface area (Å²) in [7, 11) is 3.38. The summed E-state index contributed by atoms with van der Waals surface area (Å²) >= 11 is 0. The molecule has 0 bridgehead atoms. The minimum Gasteiger partial charge on any atom is -0.497 e. The molecule has 0 saturated carbocycles. The van der Waals surface area contributed by atoms with Crippen LogP contribution in [0.25, 0.3) is 0 Å². The summed E-state index contributed by atoms with van der Waals surface area (Å²) in [5.41, 5.74) is 3.52. The fraction of sp³-hybridized carbons (Fsp3) is 0.400. The SMILES string of the molecule is COc1ccnc(CN(C)C(=O)c2n[nH]c3c2CCC3)c1. The van der Waals surface area contributed by atoms with Crippen LogP contribution in [0, 0.1) is 0 Å². The number of H-pyrrole nitrogens is 1. The van der Waals surface area contributed by atoms with Gasteiger partial charge >= 0.3 is 0 Å². The molecule has 1 aliphatic rings. The first-order chi connectivity index (χ1) is 10.2. The first-order valence-corrected chi connectivity index (χ1v) is 6.99. The van der Waals surface area contributed by atoms with Gasteiger partial charge in [0, 0.05) is 30.6 Å². The highest BCUT2D eigenvalue weighted by Crippen LogP contribution is 2.23. The molecular weight excluding hydrogens is 268 g/mol. The van der Waals surface area contributed by atoms with E-state index in [0.717, 1.165) is 42.0 Å². The van der Waals surface area contributed by atoms with Crippen molar-refractivity contribution < 1.29 is 9.53 Å². The Labute approximate surface area is 123 Å². The highest BCUT2D eigenvalue weighted by atomic mass is 16.5. The van der Waals surface area contributed by atoms with Gasteiger partial charge in [-0.25, -0.2) is 0 Å². The lowest BCUT2D eigenvalue weighted by molar-refractivity contribution is 0.0776. The van der Waals surface area contributed by atoms with E-state index in [-0.39, 0.29) is 5.91 Å². The number of fused-ring (bicyclic) bond motifs is 1. The summed E-state index contributed by atoms with van der Waals surface area (Å²) in [6.45, 7) is 0.428. The largest absolute Gasteiger partial charge is 0.497 e. The summed E-state index contributed by atoms with van der Waals surface area (Å²) in [6, 6.07) is 3.62. The van der Waals surface area contributed by atoms with Crippen molar-refractivity contribution in [2.45, 2.75) is 25.8 Å². The van der Waals surface area contributed by atoms with Crippen molar-refractivity contribution >= 4 is 5.91 Å². The molecule has 6 nitrogen and oxygen atoms in total. The molecule has 0 spiro atoms. The van der Waals surface area contributed by atoms with Crippen LogP contribution in [0.2, 0.25) is 0 Å². The molecule has 2 heterocycles. The smallest absolute Gasteiger partial charge is 0.274 e. The molecule has 110 valence electrons. The maximum atomic E-state index is 12.5. The van der Waals surface area contributed by atoms with Gasteiger partial charge in [0.25, 0.3) is 5.91 Å². The molecule has 0 atom stereocenters. The van der Waals surface area contributed by atoms with Gasteiger partial charge in [0.15, 0.2) is 5.69 Å². The number of methoxy groups -OCH3 is 1. The minimum absolute atomic E-state index is 0.0704. The highest BCUT2D eigenvalue weighted by molar-refractivity contribution is 5.94. The summed E-state index contributed by atoms with van der Waals surface area (Å²) in [6.07, 6.45) is 4.68. The fourth-order valence-corrected chi connectivity index (χ4v) is 2.66. The van der Waals surface area contributed by atoms with Crippen molar-refractivity contribution in [2.24, 2.45) is 0 Å². The van der Waals surface area contributed by atoms with Gasteiger partial charge in [-0.2, -0.15) is 5.10 Å². The predicted octanol–water partition coefficient (Wildman–Crippen LogP) is 1.57. The molecule has 0 saturated heterocycles. The average Bonchev–Trinajstić information content (AvgIpc) is 3.09. The number of rotatable bonds is 4. The van der Waals surface area contributed by atoms with Crippen LogP contribution in [0.5, 0.6) is 5.75 Å². The molecule has 3 rings (SSSR count). The molecule has 1 amide bonds. The highest BCUT2D eigenvalue weighted by Gasteiger charge is 2.25. The first kappa shape index (κ1) is 13.6.